The zero-order valence-corrected chi connectivity index (χ0v) is 14.1. The molecule has 2 fully saturated rings. The number of hydrogen-bond acceptors (Lipinski definition) is 2. The minimum atomic E-state index is -0.200. The van der Waals surface area contributed by atoms with Crippen LogP contribution in [-0.2, 0) is 0 Å². The van der Waals surface area contributed by atoms with Crippen LogP contribution >= 0.6 is 0 Å². The van der Waals surface area contributed by atoms with E-state index in [0.717, 1.165) is 29.8 Å². The first-order valence-electron chi connectivity index (χ1n) is 8.55. The summed E-state index contributed by atoms with van der Waals surface area (Å²) in [6, 6.07) is 4.05. The summed E-state index contributed by atoms with van der Waals surface area (Å²) in [5, 5.41) is 3.57. The number of hydrogen-bond donors (Lipinski definition) is 2. The summed E-state index contributed by atoms with van der Waals surface area (Å²) >= 11 is 0. The van der Waals surface area contributed by atoms with Crippen LogP contribution in [0.15, 0.2) is 24.3 Å². The predicted molar refractivity (Wildman–Crippen MR) is 93.0 cm³/mol. The lowest BCUT2D eigenvalue weighted by atomic mass is 9.78. The molecule has 23 heavy (non-hydrogen) atoms. The highest BCUT2D eigenvalue weighted by atomic mass is 19.1. The fourth-order valence-corrected chi connectivity index (χ4v) is 3.71. The van der Waals surface area contributed by atoms with Gasteiger partial charge in [0.15, 0.2) is 0 Å². The van der Waals surface area contributed by atoms with Gasteiger partial charge in [0.1, 0.15) is 11.6 Å². The molecule has 2 atom stereocenters. The average Bonchev–Trinajstić information content (AvgIpc) is 2.87. The number of nitrogens with zero attached hydrogens (tertiary/aromatic N) is 1. The minimum absolute atomic E-state index is 0.200. The van der Waals surface area contributed by atoms with Gasteiger partial charge in [-0.15, -0.1) is 0 Å². The van der Waals surface area contributed by atoms with Crippen LogP contribution in [-0.4, -0.2) is 22.6 Å². The van der Waals surface area contributed by atoms with E-state index in [0.29, 0.717) is 11.1 Å². The number of fused-ring (bicyclic) bond motifs is 2. The molecule has 0 bridgehead atoms. The van der Waals surface area contributed by atoms with Crippen LogP contribution < -0.4 is 5.32 Å². The fraction of sp³-hybridized carbons (Fsp3) is 0.526. The van der Waals surface area contributed by atoms with E-state index in [2.05, 4.69) is 21.9 Å². The molecule has 4 rings (SSSR count). The molecule has 2 unspecified atom stereocenters. The number of nitrogens with one attached hydrogen (secondary N) is 2. The summed E-state index contributed by atoms with van der Waals surface area (Å²) in [7, 11) is 0. The third-order valence-electron chi connectivity index (χ3n) is 4.95. The molecular formula is C19H26FN3. The molecule has 2 aliphatic rings. The summed E-state index contributed by atoms with van der Waals surface area (Å²) in [5.74, 6) is 1.54. The van der Waals surface area contributed by atoms with Crippen LogP contribution in [0, 0.1) is 25.6 Å². The van der Waals surface area contributed by atoms with Crippen molar-refractivity contribution >= 4 is 11.0 Å². The zero-order valence-electron chi connectivity index (χ0n) is 14.1. The standard InChI is InChI=1S/C10H17N.C9H9FN2/c1-8-6-9-4-2-3-5-10(9)11-7-8;1-5-3-8-9(4-7(5)10)12-6(2)11-8/h9-11H,1-7H2;3-4H,1-2H3,(H,11,12). The van der Waals surface area contributed by atoms with E-state index in [4.69, 9.17) is 0 Å². The van der Waals surface area contributed by atoms with Gasteiger partial charge in [-0.25, -0.2) is 9.37 Å². The van der Waals surface area contributed by atoms with Gasteiger partial charge < -0.3 is 10.3 Å². The highest BCUT2D eigenvalue weighted by molar-refractivity contribution is 5.75. The first kappa shape index (κ1) is 16.2. The molecular weight excluding hydrogens is 289 g/mol. The van der Waals surface area contributed by atoms with Crippen LogP contribution in [0.5, 0.6) is 0 Å². The molecule has 1 aromatic carbocycles. The first-order chi connectivity index (χ1) is 11.0. The van der Waals surface area contributed by atoms with E-state index in [9.17, 15) is 4.39 Å². The Bertz CT molecular complexity index is 665. The summed E-state index contributed by atoms with van der Waals surface area (Å²) < 4.78 is 13.0. The monoisotopic (exact) mass is 315 g/mol. The van der Waals surface area contributed by atoms with Crippen molar-refractivity contribution in [3.8, 4) is 0 Å². The van der Waals surface area contributed by atoms with Crippen LogP contribution in [0.3, 0.4) is 0 Å². The van der Waals surface area contributed by atoms with Gasteiger partial charge in [-0.1, -0.05) is 25.0 Å². The number of piperidine rings is 1. The van der Waals surface area contributed by atoms with Gasteiger partial charge in [-0.3, -0.25) is 0 Å². The molecule has 1 saturated carbocycles. The number of H-pyrrole nitrogens is 1. The summed E-state index contributed by atoms with van der Waals surface area (Å²) in [6.45, 7) is 8.71. The number of aromatic nitrogens is 2. The van der Waals surface area contributed by atoms with Crippen molar-refractivity contribution in [3.05, 3.63) is 41.5 Å². The maximum atomic E-state index is 13.0. The van der Waals surface area contributed by atoms with Gasteiger partial charge in [0.05, 0.1) is 11.0 Å². The Hall–Kier alpha value is -1.68. The van der Waals surface area contributed by atoms with E-state index in [1.54, 1.807) is 13.0 Å². The SMILES string of the molecule is C=C1CNC2CCCCC2C1.Cc1nc2cc(F)c(C)cc2[nH]1. The summed E-state index contributed by atoms with van der Waals surface area (Å²) in [5.41, 5.74) is 3.64. The van der Waals surface area contributed by atoms with Crippen molar-refractivity contribution < 1.29 is 4.39 Å². The number of imidazole rings is 1. The van der Waals surface area contributed by atoms with Crippen molar-refractivity contribution in [3.63, 3.8) is 0 Å². The molecule has 1 aliphatic carbocycles. The van der Waals surface area contributed by atoms with Crippen molar-refractivity contribution in [1.29, 1.82) is 0 Å². The quantitative estimate of drug-likeness (QED) is 0.707. The van der Waals surface area contributed by atoms with E-state index in [-0.39, 0.29) is 5.82 Å². The molecule has 0 amide bonds. The van der Waals surface area contributed by atoms with E-state index >= 15 is 0 Å². The zero-order chi connectivity index (χ0) is 16.4. The minimum Gasteiger partial charge on any atom is -0.342 e. The lowest BCUT2D eigenvalue weighted by Crippen LogP contribution is -2.43. The highest BCUT2D eigenvalue weighted by Crippen LogP contribution is 2.31. The van der Waals surface area contributed by atoms with Gasteiger partial charge in [0.2, 0.25) is 0 Å². The Morgan fingerprint density at radius 3 is 2.83 bits per heavy atom. The van der Waals surface area contributed by atoms with Crippen molar-refractivity contribution in [2.24, 2.45) is 5.92 Å². The number of aromatic amines is 1. The molecule has 124 valence electrons. The Labute approximate surface area is 137 Å². The first-order valence-corrected chi connectivity index (χ1v) is 8.55. The second-order valence-electron chi connectivity index (χ2n) is 6.93. The molecule has 3 nitrogen and oxygen atoms in total. The smallest absolute Gasteiger partial charge is 0.128 e. The lowest BCUT2D eigenvalue weighted by Gasteiger charge is -2.37. The number of aryl methyl sites for hydroxylation is 2. The van der Waals surface area contributed by atoms with Gasteiger partial charge in [0, 0.05) is 18.7 Å². The molecule has 2 heterocycles. The summed E-state index contributed by atoms with van der Waals surface area (Å²) in [6.07, 6.45) is 6.99. The van der Waals surface area contributed by atoms with Crippen LogP contribution in [0.4, 0.5) is 4.39 Å². The maximum absolute atomic E-state index is 13.0. The van der Waals surface area contributed by atoms with Crippen LogP contribution in [0.1, 0.15) is 43.5 Å². The Kier molecular flexibility index (Phi) is 4.81. The maximum Gasteiger partial charge on any atom is 0.128 e. The normalized spacial score (nSPS) is 24.0. The van der Waals surface area contributed by atoms with E-state index < -0.39 is 0 Å². The lowest BCUT2D eigenvalue weighted by molar-refractivity contribution is 0.241. The van der Waals surface area contributed by atoms with E-state index in [1.807, 2.05) is 6.92 Å². The van der Waals surface area contributed by atoms with Gasteiger partial charge in [0.25, 0.3) is 0 Å². The van der Waals surface area contributed by atoms with Crippen molar-refractivity contribution in [2.45, 2.75) is 52.0 Å². The molecule has 1 aromatic heterocycles. The number of rotatable bonds is 0. The van der Waals surface area contributed by atoms with Crippen LogP contribution in [0.2, 0.25) is 0 Å². The average molecular weight is 315 g/mol. The molecule has 2 aromatic rings. The third-order valence-corrected chi connectivity index (χ3v) is 4.95. The second kappa shape index (κ2) is 6.83. The molecule has 1 aliphatic heterocycles. The molecule has 2 N–H and O–H groups in total. The van der Waals surface area contributed by atoms with Crippen molar-refractivity contribution in [1.82, 2.24) is 15.3 Å². The molecule has 0 spiro atoms. The Morgan fingerprint density at radius 1 is 1.22 bits per heavy atom. The van der Waals surface area contributed by atoms with E-state index in [1.165, 1.54) is 43.7 Å². The van der Waals surface area contributed by atoms with Gasteiger partial charge in [-0.05, 0) is 50.7 Å². The summed E-state index contributed by atoms with van der Waals surface area (Å²) in [4.78, 5) is 7.17. The predicted octanol–water partition coefficient (Wildman–Crippen LogP) is 4.41. The Balaban J connectivity index is 0.000000136. The number of halogens is 1. The topological polar surface area (TPSA) is 40.7 Å². The highest BCUT2D eigenvalue weighted by Gasteiger charge is 2.28. The number of benzene rings is 1. The third kappa shape index (κ3) is 3.81. The largest absolute Gasteiger partial charge is 0.342 e. The fourth-order valence-electron chi connectivity index (χ4n) is 3.71. The van der Waals surface area contributed by atoms with Crippen LogP contribution in [0.25, 0.3) is 11.0 Å². The van der Waals surface area contributed by atoms with Gasteiger partial charge in [-0.2, -0.15) is 0 Å². The molecule has 4 heteroatoms. The molecule has 0 radical (unpaired) electrons. The van der Waals surface area contributed by atoms with Crippen molar-refractivity contribution in [2.75, 3.05) is 6.54 Å². The second-order valence-corrected chi connectivity index (χ2v) is 6.93. The van der Waals surface area contributed by atoms with Gasteiger partial charge >= 0.3 is 0 Å². The Morgan fingerprint density at radius 2 is 2.00 bits per heavy atom. The molecule has 1 saturated heterocycles.